The van der Waals surface area contributed by atoms with Crippen LogP contribution in [0.3, 0.4) is 0 Å². The van der Waals surface area contributed by atoms with E-state index in [0.717, 1.165) is 161 Å². The predicted molar refractivity (Wildman–Crippen MR) is 288 cm³/mol. The lowest BCUT2D eigenvalue weighted by Gasteiger charge is -2.18. The molecule has 67 heavy (non-hydrogen) atoms. The minimum absolute atomic E-state index is 0.0993. The molecular formula is C61H100O6. The van der Waals surface area contributed by atoms with Crippen molar-refractivity contribution in [2.24, 2.45) is 0 Å². The smallest absolute Gasteiger partial charge is 0.306 e. The lowest BCUT2D eigenvalue weighted by molar-refractivity contribution is -0.167. The Morgan fingerprint density at radius 3 is 0.910 bits per heavy atom. The molecule has 1 unspecified atom stereocenters. The molecule has 0 spiro atoms. The highest BCUT2D eigenvalue weighted by Gasteiger charge is 2.19. The molecule has 0 aliphatic carbocycles. The van der Waals surface area contributed by atoms with Crippen LogP contribution in [0.5, 0.6) is 0 Å². The summed E-state index contributed by atoms with van der Waals surface area (Å²) >= 11 is 0. The number of ether oxygens (including phenoxy) is 3. The molecule has 6 heteroatoms. The van der Waals surface area contributed by atoms with E-state index < -0.39 is 6.10 Å². The Hall–Kier alpha value is -3.93. The molecule has 0 heterocycles. The molecule has 0 radical (unpaired) electrons. The summed E-state index contributed by atoms with van der Waals surface area (Å²) in [6.45, 7) is 6.40. The van der Waals surface area contributed by atoms with E-state index in [1.54, 1.807) is 0 Å². The Balaban J connectivity index is 4.45. The van der Waals surface area contributed by atoms with E-state index in [1.807, 2.05) is 0 Å². The summed E-state index contributed by atoms with van der Waals surface area (Å²) in [5.74, 6) is -0.948. The zero-order valence-electron chi connectivity index (χ0n) is 43.4. The van der Waals surface area contributed by atoms with Crippen molar-refractivity contribution >= 4 is 17.9 Å². The summed E-state index contributed by atoms with van der Waals surface area (Å²) in [5.41, 5.74) is 0. The third-order valence-electron chi connectivity index (χ3n) is 11.2. The Kier molecular flexibility index (Phi) is 51.5. The van der Waals surface area contributed by atoms with Crippen LogP contribution < -0.4 is 0 Å². The summed E-state index contributed by atoms with van der Waals surface area (Å²) < 4.78 is 16.8. The number of carbonyl (C=O) groups is 3. The maximum Gasteiger partial charge on any atom is 0.306 e. The van der Waals surface area contributed by atoms with Crippen LogP contribution in [0.4, 0.5) is 0 Å². The number of esters is 3. The van der Waals surface area contributed by atoms with E-state index in [2.05, 4.69) is 130 Å². The van der Waals surface area contributed by atoms with Crippen LogP contribution >= 0.6 is 0 Å². The average Bonchev–Trinajstić information content (AvgIpc) is 3.33. The zero-order valence-corrected chi connectivity index (χ0v) is 43.4. The van der Waals surface area contributed by atoms with Crippen LogP contribution in [0.2, 0.25) is 0 Å². The highest BCUT2D eigenvalue weighted by atomic mass is 16.6. The normalized spacial score (nSPS) is 12.9. The Labute approximate surface area is 412 Å². The van der Waals surface area contributed by atoms with Crippen molar-refractivity contribution in [2.75, 3.05) is 13.2 Å². The molecule has 0 fully saturated rings. The first-order valence-corrected chi connectivity index (χ1v) is 27.4. The minimum atomic E-state index is -0.801. The summed E-state index contributed by atoms with van der Waals surface area (Å²) in [7, 11) is 0. The molecule has 0 amide bonds. The number of hydrogen-bond donors (Lipinski definition) is 0. The molecule has 1 atom stereocenters. The van der Waals surface area contributed by atoms with Crippen molar-refractivity contribution in [2.45, 2.75) is 245 Å². The number of unbranched alkanes of at least 4 members (excludes halogenated alkanes) is 19. The minimum Gasteiger partial charge on any atom is -0.462 e. The molecule has 0 bridgehead atoms. The third kappa shape index (κ3) is 52.9. The van der Waals surface area contributed by atoms with E-state index in [9.17, 15) is 14.4 Å². The van der Waals surface area contributed by atoms with Crippen molar-refractivity contribution < 1.29 is 28.6 Å². The summed E-state index contributed by atoms with van der Waals surface area (Å²) in [5, 5.41) is 0. The summed E-state index contributed by atoms with van der Waals surface area (Å²) in [6.07, 6.45) is 73.5. The van der Waals surface area contributed by atoms with Gasteiger partial charge in [0.1, 0.15) is 13.2 Å². The Morgan fingerprint density at radius 2 is 0.582 bits per heavy atom. The fourth-order valence-corrected chi connectivity index (χ4v) is 7.09. The Bertz CT molecular complexity index is 1390. The second-order valence-corrected chi connectivity index (χ2v) is 17.7. The molecule has 0 aromatic carbocycles. The van der Waals surface area contributed by atoms with Gasteiger partial charge < -0.3 is 14.2 Å². The van der Waals surface area contributed by atoms with Crippen molar-refractivity contribution in [3.05, 3.63) is 109 Å². The topological polar surface area (TPSA) is 78.9 Å². The van der Waals surface area contributed by atoms with Gasteiger partial charge in [-0.3, -0.25) is 14.4 Å². The van der Waals surface area contributed by atoms with Gasteiger partial charge >= 0.3 is 17.9 Å². The van der Waals surface area contributed by atoms with Gasteiger partial charge in [0.05, 0.1) is 0 Å². The molecular weight excluding hydrogens is 829 g/mol. The lowest BCUT2D eigenvalue weighted by atomic mass is 10.1. The summed E-state index contributed by atoms with van der Waals surface area (Å²) in [6, 6.07) is 0. The number of rotatable bonds is 48. The maximum atomic E-state index is 12.8. The first-order chi connectivity index (χ1) is 33.0. The fraction of sp³-hybridized carbons (Fsp3) is 0.656. The van der Waals surface area contributed by atoms with Crippen molar-refractivity contribution in [1.29, 1.82) is 0 Å². The number of allylic oxidation sites excluding steroid dienone is 18. The molecule has 0 aromatic heterocycles. The molecule has 6 nitrogen and oxygen atoms in total. The highest BCUT2D eigenvalue weighted by Crippen LogP contribution is 2.13. The predicted octanol–water partition coefficient (Wildman–Crippen LogP) is 18.3. The molecule has 0 saturated heterocycles. The van der Waals surface area contributed by atoms with Gasteiger partial charge in [0.15, 0.2) is 6.10 Å². The molecule has 380 valence electrons. The average molecular weight is 929 g/mol. The SMILES string of the molecule is CC/C=C\C/C=C\C/C=C\C/C=C\C/C=C\CCCCCCCC(=O)OCC(COC(=O)CCCCCCC/C=C\C/C=C\CCCC)OC(=O)CCCCCCC/C=C\C/C=C\CCCC. The van der Waals surface area contributed by atoms with E-state index in [1.165, 1.54) is 38.5 Å². The summed E-state index contributed by atoms with van der Waals surface area (Å²) in [4.78, 5) is 38.1. The van der Waals surface area contributed by atoms with Crippen LogP contribution in [-0.2, 0) is 28.6 Å². The van der Waals surface area contributed by atoms with Gasteiger partial charge in [0, 0.05) is 19.3 Å². The van der Waals surface area contributed by atoms with Crippen LogP contribution in [-0.4, -0.2) is 37.2 Å². The van der Waals surface area contributed by atoms with Gasteiger partial charge in [0.2, 0.25) is 0 Å². The molecule has 0 aromatic rings. The van der Waals surface area contributed by atoms with Gasteiger partial charge in [0.25, 0.3) is 0 Å². The zero-order chi connectivity index (χ0) is 48.6. The third-order valence-corrected chi connectivity index (χ3v) is 11.2. The van der Waals surface area contributed by atoms with Gasteiger partial charge in [-0.15, -0.1) is 0 Å². The molecule has 0 N–H and O–H groups in total. The van der Waals surface area contributed by atoms with Gasteiger partial charge in [-0.25, -0.2) is 0 Å². The van der Waals surface area contributed by atoms with Crippen LogP contribution in [0.15, 0.2) is 109 Å². The van der Waals surface area contributed by atoms with Gasteiger partial charge in [-0.2, -0.15) is 0 Å². The largest absolute Gasteiger partial charge is 0.462 e. The lowest BCUT2D eigenvalue weighted by Crippen LogP contribution is -2.30. The van der Waals surface area contributed by atoms with E-state index >= 15 is 0 Å². The Morgan fingerprint density at radius 1 is 0.313 bits per heavy atom. The standard InChI is InChI=1S/C61H100O6/c1-4-7-10-13-16-19-22-25-28-29-30-31-32-33-34-37-39-42-45-48-51-54-60(63)66-57-58(67-61(64)55-52-49-46-43-40-36-27-24-21-18-15-12-9-6-3)56-65-59(62)53-50-47-44-41-38-35-26-23-20-17-14-11-8-5-2/h7,10,14-19,23-28,30-31,33-34,58H,4-6,8-9,11-13,20-22,29,32,35-57H2,1-3H3/b10-7-,17-14-,18-15-,19-16-,26-23-,27-24-,28-25-,31-30-,34-33-. The van der Waals surface area contributed by atoms with Crippen LogP contribution in [0.25, 0.3) is 0 Å². The molecule has 0 aliphatic rings. The van der Waals surface area contributed by atoms with Crippen LogP contribution in [0, 0.1) is 0 Å². The number of carbonyl (C=O) groups excluding carboxylic acids is 3. The molecule has 0 saturated carbocycles. The second-order valence-electron chi connectivity index (χ2n) is 17.7. The van der Waals surface area contributed by atoms with E-state index in [-0.39, 0.29) is 31.1 Å². The van der Waals surface area contributed by atoms with Crippen molar-refractivity contribution in [3.63, 3.8) is 0 Å². The van der Waals surface area contributed by atoms with Gasteiger partial charge in [-0.05, 0) is 116 Å². The highest BCUT2D eigenvalue weighted by molar-refractivity contribution is 5.71. The first kappa shape index (κ1) is 63.1. The number of hydrogen-bond acceptors (Lipinski definition) is 6. The van der Waals surface area contributed by atoms with Crippen LogP contribution in [0.1, 0.15) is 239 Å². The molecule has 0 aliphatic heterocycles. The quantitative estimate of drug-likeness (QED) is 0.0262. The van der Waals surface area contributed by atoms with Crippen molar-refractivity contribution in [1.82, 2.24) is 0 Å². The van der Waals surface area contributed by atoms with E-state index in [4.69, 9.17) is 14.2 Å². The van der Waals surface area contributed by atoms with Crippen molar-refractivity contribution in [3.8, 4) is 0 Å². The van der Waals surface area contributed by atoms with E-state index in [0.29, 0.717) is 19.3 Å². The second kappa shape index (κ2) is 54.7. The van der Waals surface area contributed by atoms with Gasteiger partial charge in [-0.1, -0.05) is 214 Å². The first-order valence-electron chi connectivity index (χ1n) is 27.4. The fourth-order valence-electron chi connectivity index (χ4n) is 7.09. The molecule has 0 rings (SSSR count). The monoisotopic (exact) mass is 929 g/mol. The maximum absolute atomic E-state index is 12.8.